The number of hydrogen-bond acceptors (Lipinski definition) is 5. The van der Waals surface area contributed by atoms with Gasteiger partial charge in [-0.2, -0.15) is 0 Å². The van der Waals surface area contributed by atoms with E-state index < -0.39 is 16.6 Å². The molecule has 0 saturated heterocycles. The summed E-state index contributed by atoms with van der Waals surface area (Å²) in [5, 5.41) is 13.6. The molecule has 0 aliphatic rings. The Morgan fingerprint density at radius 2 is 2.20 bits per heavy atom. The van der Waals surface area contributed by atoms with Crippen molar-refractivity contribution in [2.24, 2.45) is 0 Å². The quantitative estimate of drug-likeness (QED) is 0.470. The number of carbonyl (C=O) groups excluding carboxylic acids is 1. The number of carbonyl (C=O) groups is 1. The second-order valence-electron chi connectivity index (χ2n) is 5.02. The highest BCUT2D eigenvalue weighted by atomic mass is 19.1. The van der Waals surface area contributed by atoms with Gasteiger partial charge in [0.05, 0.1) is 17.7 Å². The predicted molar refractivity (Wildman–Crippen MR) is 90.7 cm³/mol. The van der Waals surface area contributed by atoms with Crippen LogP contribution < -0.4 is 10.1 Å². The zero-order valence-electron chi connectivity index (χ0n) is 13.4. The molecule has 0 spiro atoms. The van der Waals surface area contributed by atoms with Crippen LogP contribution in [-0.4, -0.2) is 22.4 Å². The minimum atomic E-state index is -0.537. The first kappa shape index (κ1) is 18.1. The van der Waals surface area contributed by atoms with Crippen LogP contribution in [-0.2, 0) is 4.79 Å². The van der Waals surface area contributed by atoms with E-state index in [9.17, 15) is 19.3 Å². The highest BCUT2D eigenvalue weighted by Gasteiger charge is 2.15. The van der Waals surface area contributed by atoms with Crippen molar-refractivity contribution in [1.29, 1.82) is 0 Å². The van der Waals surface area contributed by atoms with Gasteiger partial charge in [-0.3, -0.25) is 14.9 Å². The van der Waals surface area contributed by atoms with Crippen molar-refractivity contribution in [2.45, 2.75) is 13.3 Å². The van der Waals surface area contributed by atoms with Gasteiger partial charge in [0.1, 0.15) is 11.6 Å². The van der Waals surface area contributed by atoms with Crippen molar-refractivity contribution in [3.63, 3.8) is 0 Å². The molecular weight excluding hydrogens is 329 g/mol. The number of hydrogen-bond donors (Lipinski definition) is 1. The Balaban J connectivity index is 2.09. The summed E-state index contributed by atoms with van der Waals surface area (Å²) in [4.78, 5) is 26.1. The smallest absolute Gasteiger partial charge is 0.311 e. The molecule has 2 aromatic rings. The first-order valence-corrected chi connectivity index (χ1v) is 7.51. The van der Waals surface area contributed by atoms with Crippen LogP contribution >= 0.6 is 0 Å². The summed E-state index contributed by atoms with van der Waals surface area (Å²) in [5.74, 6) is -0.617. The maximum absolute atomic E-state index is 12.8. The number of halogens is 1. The number of nitro benzene ring substituents is 1. The van der Waals surface area contributed by atoms with E-state index in [1.165, 1.54) is 36.4 Å². The van der Waals surface area contributed by atoms with Crippen molar-refractivity contribution in [2.75, 3.05) is 11.9 Å². The number of rotatable bonds is 7. The molecule has 1 N–H and O–H groups in total. The lowest BCUT2D eigenvalue weighted by Gasteiger charge is -2.06. The van der Waals surface area contributed by atoms with Gasteiger partial charge < -0.3 is 10.1 Å². The molecule has 0 saturated carbocycles. The maximum atomic E-state index is 12.8. The van der Waals surface area contributed by atoms with E-state index in [1.807, 2.05) is 6.92 Å². The van der Waals surface area contributed by atoms with Crippen molar-refractivity contribution >= 4 is 23.5 Å². The molecule has 0 aliphatic heterocycles. The number of ether oxygens (including phenoxy) is 1. The van der Waals surface area contributed by atoms with Gasteiger partial charge in [-0.05, 0) is 36.3 Å². The summed E-state index contributed by atoms with van der Waals surface area (Å²) >= 11 is 0. The third-order valence-corrected chi connectivity index (χ3v) is 3.05. The number of benzene rings is 1. The molecule has 0 bridgehead atoms. The summed E-state index contributed by atoms with van der Waals surface area (Å²) in [5.41, 5.74) is 0.300. The molecule has 25 heavy (non-hydrogen) atoms. The van der Waals surface area contributed by atoms with Crippen LogP contribution in [0.4, 0.5) is 15.9 Å². The summed E-state index contributed by atoms with van der Waals surface area (Å²) in [7, 11) is 0. The minimum absolute atomic E-state index is 0.170. The molecule has 0 aliphatic carbocycles. The van der Waals surface area contributed by atoms with Crippen molar-refractivity contribution in [1.82, 2.24) is 4.98 Å². The first-order chi connectivity index (χ1) is 12.0. The number of amides is 1. The highest BCUT2D eigenvalue weighted by molar-refractivity contribution is 6.01. The first-order valence-electron chi connectivity index (χ1n) is 7.51. The fourth-order valence-corrected chi connectivity index (χ4v) is 1.90. The third-order valence-electron chi connectivity index (χ3n) is 3.05. The van der Waals surface area contributed by atoms with E-state index in [2.05, 4.69) is 10.3 Å². The number of anilines is 1. The Bertz CT molecular complexity index is 791. The van der Waals surface area contributed by atoms with Crippen LogP contribution in [0.25, 0.3) is 6.08 Å². The van der Waals surface area contributed by atoms with E-state index in [1.54, 1.807) is 6.07 Å². The van der Waals surface area contributed by atoms with E-state index in [-0.39, 0.29) is 17.3 Å². The summed E-state index contributed by atoms with van der Waals surface area (Å²) in [6.07, 6.45) is 4.35. The van der Waals surface area contributed by atoms with E-state index in [4.69, 9.17) is 4.74 Å². The number of nitrogens with one attached hydrogen (secondary N) is 1. The monoisotopic (exact) mass is 345 g/mol. The molecule has 1 heterocycles. The predicted octanol–water partition coefficient (Wildman–Crippen LogP) is 3.57. The largest absolute Gasteiger partial charge is 0.487 e. The minimum Gasteiger partial charge on any atom is -0.487 e. The van der Waals surface area contributed by atoms with Crippen LogP contribution in [0.5, 0.6) is 5.75 Å². The summed E-state index contributed by atoms with van der Waals surface area (Å²) in [6, 6.07) is 6.92. The van der Waals surface area contributed by atoms with Gasteiger partial charge in [0.2, 0.25) is 5.91 Å². The lowest BCUT2D eigenvalue weighted by Crippen LogP contribution is -2.09. The van der Waals surface area contributed by atoms with E-state index in [0.717, 1.165) is 12.6 Å². The summed E-state index contributed by atoms with van der Waals surface area (Å²) in [6.45, 7) is 2.28. The van der Waals surface area contributed by atoms with Crippen LogP contribution in [0.3, 0.4) is 0 Å². The van der Waals surface area contributed by atoms with Gasteiger partial charge >= 0.3 is 5.69 Å². The fraction of sp³-hybridized carbons (Fsp3) is 0.176. The molecule has 130 valence electrons. The van der Waals surface area contributed by atoms with Gasteiger partial charge in [0.25, 0.3) is 0 Å². The molecule has 0 radical (unpaired) electrons. The fourth-order valence-electron chi connectivity index (χ4n) is 1.90. The van der Waals surface area contributed by atoms with Crippen LogP contribution in [0.2, 0.25) is 0 Å². The highest BCUT2D eigenvalue weighted by Crippen LogP contribution is 2.28. The average Bonchev–Trinajstić information content (AvgIpc) is 2.60. The maximum Gasteiger partial charge on any atom is 0.311 e. The molecule has 1 aromatic heterocycles. The standard InChI is InChI=1S/C17H16FN3O4/c1-2-9-25-15-6-3-12(10-14(15)21(23)24)4-8-17(22)20-16-7-5-13(18)11-19-16/h3-8,10-11H,2,9H2,1H3,(H,19,20,22)/b8-4+. The SMILES string of the molecule is CCCOc1ccc(/C=C/C(=O)Nc2ccc(F)cn2)cc1[N+](=O)[O-]. The second kappa shape index (κ2) is 8.53. The molecule has 8 heteroatoms. The van der Waals surface area contributed by atoms with E-state index >= 15 is 0 Å². The van der Waals surface area contributed by atoms with Crippen molar-refractivity contribution < 1.29 is 18.8 Å². The number of aromatic nitrogens is 1. The molecule has 1 amide bonds. The van der Waals surface area contributed by atoms with Crippen molar-refractivity contribution in [3.05, 3.63) is 64.1 Å². The normalized spacial score (nSPS) is 10.6. The number of nitrogens with zero attached hydrogens (tertiary/aromatic N) is 2. The summed E-state index contributed by atoms with van der Waals surface area (Å²) < 4.78 is 18.1. The van der Waals surface area contributed by atoms with Gasteiger partial charge in [-0.15, -0.1) is 0 Å². The Morgan fingerprint density at radius 3 is 2.84 bits per heavy atom. The molecule has 0 unspecified atom stereocenters. The number of nitro groups is 1. The zero-order chi connectivity index (χ0) is 18.2. The van der Waals surface area contributed by atoms with Crippen molar-refractivity contribution in [3.8, 4) is 5.75 Å². The molecule has 7 nitrogen and oxygen atoms in total. The molecular formula is C17H16FN3O4. The number of pyridine rings is 1. The Hall–Kier alpha value is -3.29. The molecule has 0 atom stereocenters. The molecule has 1 aromatic carbocycles. The topological polar surface area (TPSA) is 94.4 Å². The Morgan fingerprint density at radius 1 is 1.40 bits per heavy atom. The van der Waals surface area contributed by atoms with Crippen LogP contribution in [0, 0.1) is 15.9 Å². The van der Waals surface area contributed by atoms with Crippen LogP contribution in [0.1, 0.15) is 18.9 Å². The lowest BCUT2D eigenvalue weighted by molar-refractivity contribution is -0.385. The van der Waals surface area contributed by atoms with Gasteiger partial charge in [-0.25, -0.2) is 9.37 Å². The Kier molecular flexibility index (Phi) is 6.16. The van der Waals surface area contributed by atoms with Crippen LogP contribution in [0.15, 0.2) is 42.6 Å². The van der Waals surface area contributed by atoms with Gasteiger partial charge in [-0.1, -0.05) is 13.0 Å². The van der Waals surface area contributed by atoms with Gasteiger partial charge in [0, 0.05) is 12.1 Å². The Labute approximate surface area is 143 Å². The second-order valence-corrected chi connectivity index (χ2v) is 5.02. The lowest BCUT2D eigenvalue weighted by atomic mass is 10.1. The average molecular weight is 345 g/mol. The van der Waals surface area contributed by atoms with Gasteiger partial charge in [0.15, 0.2) is 5.75 Å². The van der Waals surface area contributed by atoms with E-state index in [0.29, 0.717) is 12.2 Å². The molecule has 2 rings (SSSR count). The zero-order valence-corrected chi connectivity index (χ0v) is 13.4. The molecule has 0 fully saturated rings. The third kappa shape index (κ3) is 5.38.